The van der Waals surface area contributed by atoms with Gasteiger partial charge >= 0.3 is 0 Å². The van der Waals surface area contributed by atoms with E-state index in [9.17, 15) is 0 Å². The Morgan fingerprint density at radius 2 is 0.500 bits per heavy atom. The highest BCUT2D eigenvalue weighted by atomic mass is 16.5. The zero-order valence-electron chi connectivity index (χ0n) is 41.9. The number of hydrogen-bond donors (Lipinski definition) is 0. The minimum Gasteiger partial charge on any atom is -0.458 e. The molecule has 4 aliphatic rings. The molecule has 0 aromatic heterocycles. The lowest BCUT2D eigenvalue weighted by Gasteiger charge is -2.38. The second-order valence-electron chi connectivity index (χ2n) is 20.8. The van der Waals surface area contributed by atoms with Crippen molar-refractivity contribution in [2.45, 2.75) is 0 Å². The van der Waals surface area contributed by atoms with Crippen molar-refractivity contribution in [3.63, 3.8) is 0 Å². The van der Waals surface area contributed by atoms with Crippen LogP contribution in [-0.2, 0) is 0 Å². The normalized spacial score (nSPS) is 13.0. The molecule has 0 saturated carbocycles. The fourth-order valence-electron chi connectivity index (χ4n) is 12.8. The largest absolute Gasteiger partial charge is 0.458 e. The molecule has 0 aliphatic carbocycles. The van der Waals surface area contributed by atoms with Crippen LogP contribution in [0.1, 0.15) is 0 Å². The third-order valence-electron chi connectivity index (χ3n) is 16.3. The van der Waals surface area contributed by atoms with Crippen molar-refractivity contribution in [2.75, 3.05) is 9.80 Å². The van der Waals surface area contributed by atoms with E-state index >= 15 is 0 Å². The monoisotopic (exact) mass is 996 g/mol. The van der Waals surface area contributed by atoms with Gasteiger partial charge in [-0.05, 0) is 126 Å². The maximum atomic E-state index is 7.30. The van der Waals surface area contributed by atoms with Crippen molar-refractivity contribution < 1.29 is 18.9 Å². The van der Waals surface area contributed by atoms with Gasteiger partial charge in [-0.3, -0.25) is 0 Å². The SMILES string of the molecule is c1ccc2c(c1)Oc1cc(N(c3ccc4ccccc4c3)c3ccc4ccccc4c3)cc3c1B2c1cc2c(cc1O3)Oc1cc(N(c3ccc4ccccc4c3)c3ccc4ccccc4c3)cc3c1B2c1ccccc1O3. The first-order chi connectivity index (χ1) is 38.6. The zero-order valence-corrected chi connectivity index (χ0v) is 41.9. The molecule has 0 spiro atoms. The molecular weight excluding hydrogens is 954 g/mol. The average Bonchev–Trinajstić information content (AvgIpc) is 3.66. The van der Waals surface area contributed by atoms with Gasteiger partial charge in [-0.15, -0.1) is 0 Å². The first kappa shape index (κ1) is 43.1. The van der Waals surface area contributed by atoms with E-state index in [0.29, 0.717) is 0 Å². The summed E-state index contributed by atoms with van der Waals surface area (Å²) in [6, 6.07) is 90.8. The highest BCUT2D eigenvalue weighted by Crippen LogP contribution is 2.47. The van der Waals surface area contributed by atoms with E-state index in [2.05, 4.69) is 265 Å². The van der Waals surface area contributed by atoms with Gasteiger partial charge in [0.1, 0.15) is 46.0 Å². The molecule has 0 unspecified atom stereocenters. The second kappa shape index (κ2) is 16.7. The number of nitrogens with zero attached hydrogens (tertiary/aromatic N) is 2. The van der Waals surface area contributed by atoms with Crippen LogP contribution in [0.5, 0.6) is 46.0 Å². The molecule has 0 radical (unpaired) electrons. The third-order valence-corrected chi connectivity index (χ3v) is 16.3. The summed E-state index contributed by atoms with van der Waals surface area (Å²) in [6.07, 6.45) is 0. The molecular formula is C70H42B2N2O4. The van der Waals surface area contributed by atoms with Crippen LogP contribution in [0.4, 0.5) is 34.1 Å². The first-order valence-corrected chi connectivity index (χ1v) is 26.6. The molecule has 0 bridgehead atoms. The van der Waals surface area contributed by atoms with Crippen LogP contribution in [0.3, 0.4) is 0 Å². The summed E-state index contributed by atoms with van der Waals surface area (Å²) in [5.74, 6) is 6.11. The number of para-hydroxylation sites is 2. The van der Waals surface area contributed by atoms with E-state index in [1.165, 1.54) is 21.5 Å². The molecule has 13 aromatic carbocycles. The molecule has 8 heteroatoms. The van der Waals surface area contributed by atoms with Gasteiger partial charge in [0.15, 0.2) is 0 Å². The number of hydrogen-bond acceptors (Lipinski definition) is 6. The van der Waals surface area contributed by atoms with Gasteiger partial charge in [-0.1, -0.05) is 164 Å². The molecule has 4 aliphatic heterocycles. The number of fused-ring (bicyclic) bond motifs is 12. The summed E-state index contributed by atoms with van der Waals surface area (Å²) >= 11 is 0. The minimum absolute atomic E-state index is 0.186. The Kier molecular flexibility index (Phi) is 9.21. The molecule has 0 atom stereocenters. The fraction of sp³-hybridized carbons (Fsp3) is 0. The smallest absolute Gasteiger partial charge is 0.260 e. The lowest BCUT2D eigenvalue weighted by Crippen LogP contribution is -2.61. The lowest BCUT2D eigenvalue weighted by molar-refractivity contribution is 0.452. The van der Waals surface area contributed by atoms with Gasteiger partial charge in [-0.2, -0.15) is 0 Å². The number of ether oxygens (including phenoxy) is 4. The quantitative estimate of drug-likeness (QED) is 0.155. The first-order valence-electron chi connectivity index (χ1n) is 26.6. The number of benzene rings is 13. The fourth-order valence-corrected chi connectivity index (χ4v) is 12.8. The van der Waals surface area contributed by atoms with Crippen molar-refractivity contribution in [3.05, 3.63) is 255 Å². The van der Waals surface area contributed by atoms with Gasteiger partial charge in [0, 0.05) is 64.0 Å². The molecule has 0 amide bonds. The van der Waals surface area contributed by atoms with Crippen LogP contribution in [0.2, 0.25) is 0 Å². The Morgan fingerprint density at radius 3 is 0.846 bits per heavy atom. The molecule has 4 heterocycles. The van der Waals surface area contributed by atoms with E-state index in [4.69, 9.17) is 18.9 Å². The van der Waals surface area contributed by atoms with E-state index in [-0.39, 0.29) is 13.4 Å². The van der Waals surface area contributed by atoms with Crippen LogP contribution in [0.25, 0.3) is 43.1 Å². The Balaban J connectivity index is 0.843. The van der Waals surface area contributed by atoms with Crippen LogP contribution in [0.15, 0.2) is 255 Å². The van der Waals surface area contributed by atoms with Crippen LogP contribution in [0, 0.1) is 0 Å². The van der Waals surface area contributed by atoms with Crippen molar-refractivity contribution in [1.82, 2.24) is 0 Å². The lowest BCUT2D eigenvalue weighted by atomic mass is 9.31. The van der Waals surface area contributed by atoms with E-state index < -0.39 is 0 Å². The van der Waals surface area contributed by atoms with Crippen molar-refractivity contribution in [2.24, 2.45) is 0 Å². The molecule has 17 rings (SSSR count). The molecule has 362 valence electrons. The van der Waals surface area contributed by atoms with E-state index in [1.807, 2.05) is 0 Å². The van der Waals surface area contributed by atoms with Crippen molar-refractivity contribution in [1.29, 1.82) is 0 Å². The van der Waals surface area contributed by atoms with Crippen molar-refractivity contribution >= 4 is 123 Å². The molecule has 6 nitrogen and oxygen atoms in total. The van der Waals surface area contributed by atoms with Crippen molar-refractivity contribution in [3.8, 4) is 46.0 Å². The van der Waals surface area contributed by atoms with E-state index in [0.717, 1.165) is 134 Å². The van der Waals surface area contributed by atoms with E-state index in [1.54, 1.807) is 0 Å². The molecule has 0 N–H and O–H groups in total. The highest BCUT2D eigenvalue weighted by molar-refractivity contribution is 7.01. The predicted molar refractivity (Wildman–Crippen MR) is 321 cm³/mol. The van der Waals surface area contributed by atoms with Gasteiger partial charge in [0.05, 0.1) is 11.4 Å². The Labute approximate surface area is 450 Å². The summed E-state index contributed by atoms with van der Waals surface area (Å²) in [6.45, 7) is -0.373. The zero-order chi connectivity index (χ0) is 51.0. The highest BCUT2D eigenvalue weighted by Gasteiger charge is 2.46. The molecule has 13 aromatic rings. The maximum Gasteiger partial charge on any atom is 0.260 e. The van der Waals surface area contributed by atoms with Crippen LogP contribution >= 0.6 is 0 Å². The summed E-state index contributed by atoms with van der Waals surface area (Å²) < 4.78 is 28.6. The molecule has 0 fully saturated rings. The number of rotatable bonds is 6. The summed E-state index contributed by atoms with van der Waals surface area (Å²) in [5, 5.41) is 9.35. The standard InChI is InChI=1S/C70H42B2N2O4/c1-5-17-47-33-51(29-25-43(47)13-1)73(52-30-26-44-14-2-6-18-48(44)34-52)55-37-65-69-67(39-55)77-63-42-64-60(41-59(63)71(69)57-21-9-11-23-61(57)75-65)72-58-22-10-12-24-62(58)76-66-38-56(40-68(78-64)70(66)72)74(53-31-27-45-15-3-7-19-49(45)35-53)54-32-28-46-16-4-8-20-50(46)36-54/h1-42H. The Bertz CT molecular complexity index is 4260. The van der Waals surface area contributed by atoms with Crippen LogP contribution < -0.4 is 61.5 Å². The molecule has 78 heavy (non-hydrogen) atoms. The van der Waals surface area contributed by atoms with Gasteiger partial charge in [-0.25, -0.2) is 0 Å². The topological polar surface area (TPSA) is 43.4 Å². The number of anilines is 6. The van der Waals surface area contributed by atoms with Gasteiger partial charge in [0.25, 0.3) is 13.4 Å². The van der Waals surface area contributed by atoms with Gasteiger partial charge in [0.2, 0.25) is 0 Å². The maximum absolute atomic E-state index is 7.30. The third kappa shape index (κ3) is 6.66. The predicted octanol–water partition coefficient (Wildman–Crippen LogP) is 14.7. The molecule has 0 saturated heterocycles. The summed E-state index contributed by atoms with van der Waals surface area (Å²) in [7, 11) is 0. The summed E-state index contributed by atoms with van der Waals surface area (Å²) in [5.41, 5.74) is 12.2. The summed E-state index contributed by atoms with van der Waals surface area (Å²) in [4.78, 5) is 4.63. The van der Waals surface area contributed by atoms with Crippen LogP contribution in [-0.4, -0.2) is 13.4 Å². The second-order valence-corrected chi connectivity index (χ2v) is 20.8. The van der Waals surface area contributed by atoms with Gasteiger partial charge < -0.3 is 28.7 Å². The Morgan fingerprint density at radius 1 is 0.205 bits per heavy atom. The Hall–Kier alpha value is -10.2. The average molecular weight is 997 g/mol. The minimum atomic E-state index is -0.186.